The lowest BCUT2D eigenvalue weighted by Gasteiger charge is -2.31. The highest BCUT2D eigenvalue weighted by Crippen LogP contribution is 2.25. The molecular weight excluding hydrogens is 414 g/mol. The molecule has 1 aromatic carbocycles. The van der Waals surface area contributed by atoms with Crippen LogP contribution in [0.1, 0.15) is 41.9 Å². The predicted octanol–water partition coefficient (Wildman–Crippen LogP) is 2.34. The molecule has 0 radical (unpaired) electrons. The fourth-order valence-electron chi connectivity index (χ4n) is 3.93. The van der Waals surface area contributed by atoms with E-state index in [9.17, 15) is 14.4 Å². The number of fused-ring (bicyclic) bond motifs is 1. The average Bonchev–Trinajstić information content (AvgIpc) is 3.35. The zero-order valence-electron chi connectivity index (χ0n) is 17.4. The van der Waals surface area contributed by atoms with Crippen LogP contribution < -0.4 is 5.32 Å². The van der Waals surface area contributed by atoms with E-state index in [1.165, 1.54) is 18.3 Å². The van der Waals surface area contributed by atoms with Crippen LogP contribution in [0.25, 0.3) is 4.96 Å². The molecule has 31 heavy (non-hydrogen) atoms. The lowest BCUT2D eigenvalue weighted by atomic mass is 10.0. The summed E-state index contributed by atoms with van der Waals surface area (Å²) in [5.74, 6) is -0.400. The Balaban J connectivity index is 1.54. The largest absolute Gasteiger partial charge is 0.354 e. The van der Waals surface area contributed by atoms with Gasteiger partial charge in [-0.2, -0.15) is 0 Å². The van der Waals surface area contributed by atoms with Gasteiger partial charge in [0.05, 0.1) is 12.5 Å². The summed E-state index contributed by atoms with van der Waals surface area (Å²) in [5, 5.41) is 4.82. The van der Waals surface area contributed by atoms with E-state index in [2.05, 4.69) is 10.3 Å². The van der Waals surface area contributed by atoms with Crippen LogP contribution in [0.2, 0.25) is 0 Å². The van der Waals surface area contributed by atoms with E-state index in [1.54, 1.807) is 16.0 Å². The summed E-state index contributed by atoms with van der Waals surface area (Å²) >= 11 is 1.47. The first kappa shape index (κ1) is 21.0. The van der Waals surface area contributed by atoms with Crippen molar-refractivity contribution < 1.29 is 14.4 Å². The van der Waals surface area contributed by atoms with Crippen molar-refractivity contribution in [2.75, 3.05) is 26.2 Å². The van der Waals surface area contributed by atoms with Crippen LogP contribution >= 0.6 is 11.3 Å². The Hall–Kier alpha value is -3.20. The molecule has 0 bridgehead atoms. The molecule has 1 unspecified atom stereocenters. The molecule has 1 saturated heterocycles. The number of nitrogens with one attached hydrogen (secondary N) is 1. The van der Waals surface area contributed by atoms with Gasteiger partial charge in [-0.15, -0.1) is 11.3 Å². The van der Waals surface area contributed by atoms with Gasteiger partial charge in [0.1, 0.15) is 5.69 Å². The van der Waals surface area contributed by atoms with Gasteiger partial charge in [0, 0.05) is 50.9 Å². The number of imidazole rings is 1. The number of amides is 3. The van der Waals surface area contributed by atoms with Gasteiger partial charge in [-0.3, -0.25) is 18.8 Å². The maximum Gasteiger partial charge on any atom is 0.274 e. The van der Waals surface area contributed by atoms with Gasteiger partial charge in [0.25, 0.3) is 5.91 Å². The fraction of sp³-hybridized carbons (Fsp3) is 0.364. The van der Waals surface area contributed by atoms with Crippen molar-refractivity contribution >= 4 is 34.0 Å². The molecule has 3 heterocycles. The van der Waals surface area contributed by atoms with Crippen molar-refractivity contribution in [2.45, 2.75) is 25.8 Å². The van der Waals surface area contributed by atoms with Gasteiger partial charge in [-0.25, -0.2) is 4.98 Å². The molecule has 1 atom stereocenters. The molecule has 0 aliphatic carbocycles. The molecule has 0 spiro atoms. The summed E-state index contributed by atoms with van der Waals surface area (Å²) in [6.07, 6.45) is 4.40. The minimum atomic E-state index is -0.333. The van der Waals surface area contributed by atoms with E-state index >= 15 is 0 Å². The minimum Gasteiger partial charge on any atom is -0.354 e. The molecule has 3 amide bonds. The summed E-state index contributed by atoms with van der Waals surface area (Å²) in [4.78, 5) is 46.7. The van der Waals surface area contributed by atoms with Crippen molar-refractivity contribution in [1.29, 1.82) is 0 Å². The van der Waals surface area contributed by atoms with Crippen molar-refractivity contribution in [1.82, 2.24) is 24.5 Å². The molecule has 3 aromatic rings. The third kappa shape index (κ3) is 4.77. The summed E-state index contributed by atoms with van der Waals surface area (Å²) in [5.41, 5.74) is 1.32. The highest BCUT2D eigenvalue weighted by atomic mass is 32.1. The second-order valence-corrected chi connectivity index (χ2v) is 8.43. The van der Waals surface area contributed by atoms with Crippen LogP contribution in [0.15, 0.2) is 48.1 Å². The van der Waals surface area contributed by atoms with Gasteiger partial charge in [-0.05, 0) is 12.0 Å². The third-order valence-corrected chi connectivity index (χ3v) is 6.25. The minimum absolute atomic E-state index is 0.0897. The Morgan fingerprint density at radius 1 is 1.16 bits per heavy atom. The average molecular weight is 440 g/mol. The number of nitrogens with zero attached hydrogens (tertiary/aromatic N) is 4. The summed E-state index contributed by atoms with van der Waals surface area (Å²) < 4.78 is 1.83. The molecule has 1 fully saturated rings. The number of hydrogen-bond donors (Lipinski definition) is 1. The lowest BCUT2D eigenvalue weighted by Crippen LogP contribution is -2.39. The van der Waals surface area contributed by atoms with E-state index in [-0.39, 0.29) is 30.2 Å². The van der Waals surface area contributed by atoms with E-state index in [0.717, 1.165) is 10.5 Å². The standard InChI is InChI=1S/C22H25N5O3S/c1-16(28)27-10-5-9-25(21(30)18-15-26-12-13-31-22(26)24-18)11-8-23-20(29)14-19(27)17-6-3-2-4-7-17/h2-4,6-7,12-13,15,19H,5,8-11,14H2,1H3,(H,23,29). The Morgan fingerprint density at radius 3 is 2.71 bits per heavy atom. The normalized spacial score (nSPS) is 18.5. The summed E-state index contributed by atoms with van der Waals surface area (Å²) in [7, 11) is 0. The number of benzene rings is 1. The number of carbonyl (C=O) groups is 3. The highest BCUT2D eigenvalue weighted by Gasteiger charge is 2.27. The predicted molar refractivity (Wildman–Crippen MR) is 118 cm³/mol. The van der Waals surface area contributed by atoms with Gasteiger partial charge in [0.15, 0.2) is 4.96 Å². The van der Waals surface area contributed by atoms with Gasteiger partial charge in [0.2, 0.25) is 11.8 Å². The van der Waals surface area contributed by atoms with Gasteiger partial charge >= 0.3 is 0 Å². The molecular formula is C22H25N5O3S. The van der Waals surface area contributed by atoms with Crippen LogP contribution in [-0.2, 0) is 9.59 Å². The monoisotopic (exact) mass is 439 g/mol. The number of carbonyl (C=O) groups excluding carboxylic acids is 3. The SMILES string of the molecule is CC(=O)N1CCCN(C(=O)c2cn3ccsc3n2)CCNC(=O)CC1c1ccccc1. The van der Waals surface area contributed by atoms with Crippen molar-refractivity contribution in [3.63, 3.8) is 0 Å². The molecule has 1 N–H and O–H groups in total. The maximum atomic E-state index is 13.1. The van der Waals surface area contributed by atoms with Crippen molar-refractivity contribution in [3.8, 4) is 0 Å². The molecule has 8 nitrogen and oxygen atoms in total. The summed E-state index contributed by atoms with van der Waals surface area (Å²) in [6.45, 7) is 3.21. The zero-order chi connectivity index (χ0) is 21.8. The summed E-state index contributed by atoms with van der Waals surface area (Å²) in [6, 6.07) is 9.28. The topological polar surface area (TPSA) is 87.0 Å². The molecule has 9 heteroatoms. The second kappa shape index (κ2) is 9.30. The van der Waals surface area contributed by atoms with Gasteiger partial charge in [-0.1, -0.05) is 30.3 Å². The van der Waals surface area contributed by atoms with Crippen LogP contribution in [0.5, 0.6) is 0 Å². The molecule has 1 aliphatic rings. The molecule has 4 rings (SSSR count). The van der Waals surface area contributed by atoms with Crippen LogP contribution in [0.3, 0.4) is 0 Å². The van der Waals surface area contributed by atoms with Crippen molar-refractivity contribution in [2.24, 2.45) is 0 Å². The highest BCUT2D eigenvalue weighted by molar-refractivity contribution is 7.15. The zero-order valence-corrected chi connectivity index (χ0v) is 18.2. The van der Waals surface area contributed by atoms with Crippen molar-refractivity contribution in [3.05, 3.63) is 59.4 Å². The van der Waals surface area contributed by atoms with E-state index in [0.29, 0.717) is 38.3 Å². The third-order valence-electron chi connectivity index (χ3n) is 5.47. The molecule has 0 saturated carbocycles. The first-order chi connectivity index (χ1) is 15.0. The Kier molecular flexibility index (Phi) is 6.31. The number of rotatable bonds is 2. The van der Waals surface area contributed by atoms with Crippen LogP contribution in [0.4, 0.5) is 0 Å². The fourth-order valence-corrected chi connectivity index (χ4v) is 4.63. The van der Waals surface area contributed by atoms with Crippen LogP contribution in [0, 0.1) is 0 Å². The van der Waals surface area contributed by atoms with E-state index < -0.39 is 0 Å². The smallest absolute Gasteiger partial charge is 0.274 e. The van der Waals surface area contributed by atoms with Crippen LogP contribution in [-0.4, -0.2) is 63.1 Å². The number of hydrogen-bond acceptors (Lipinski definition) is 5. The quantitative estimate of drug-likeness (QED) is 0.664. The lowest BCUT2D eigenvalue weighted by molar-refractivity contribution is -0.132. The molecule has 1 aliphatic heterocycles. The molecule has 2 aromatic heterocycles. The van der Waals surface area contributed by atoms with E-state index in [1.807, 2.05) is 46.3 Å². The Morgan fingerprint density at radius 2 is 1.97 bits per heavy atom. The second-order valence-electron chi connectivity index (χ2n) is 7.56. The Bertz CT molecular complexity index is 1050. The number of thiazole rings is 1. The molecule has 162 valence electrons. The van der Waals surface area contributed by atoms with Gasteiger partial charge < -0.3 is 15.1 Å². The first-order valence-electron chi connectivity index (χ1n) is 10.3. The number of aromatic nitrogens is 2. The van der Waals surface area contributed by atoms with E-state index in [4.69, 9.17) is 0 Å². The maximum absolute atomic E-state index is 13.1. The first-order valence-corrected chi connectivity index (χ1v) is 11.2. The Labute approximate surface area is 184 Å².